The van der Waals surface area contributed by atoms with Crippen molar-refractivity contribution in [2.24, 2.45) is 5.92 Å². The molecule has 0 spiro atoms. The highest BCUT2D eigenvalue weighted by Gasteiger charge is 2.25. The first-order valence-electron chi connectivity index (χ1n) is 9.59. The van der Waals surface area contributed by atoms with Gasteiger partial charge in [0.25, 0.3) is 5.91 Å². The highest BCUT2D eigenvalue weighted by molar-refractivity contribution is 9.10. The van der Waals surface area contributed by atoms with Crippen LogP contribution in [-0.2, 0) is 0 Å². The van der Waals surface area contributed by atoms with Crippen LogP contribution in [0.25, 0.3) is 11.0 Å². The first kappa shape index (κ1) is 21.5. The standard InChI is InChI=1S/C22H23BrN4O.ClH/c1-14-4-3-11-27(13-14)22(28)19-12-24-21-18(10-5-15(2)25-21)20(19)26-17-8-6-16(23)7-9-17;/h5-10,12,14H,3-4,11,13H2,1-2H3,(H,24,25,26);1H. The fraction of sp³-hybridized carbons (Fsp3) is 0.318. The average molecular weight is 476 g/mol. The van der Waals surface area contributed by atoms with E-state index in [4.69, 9.17) is 0 Å². The zero-order chi connectivity index (χ0) is 19.7. The van der Waals surface area contributed by atoms with Crippen LogP contribution in [0.5, 0.6) is 0 Å². The van der Waals surface area contributed by atoms with E-state index >= 15 is 0 Å². The third kappa shape index (κ3) is 4.70. The number of fused-ring (bicyclic) bond motifs is 1. The van der Waals surface area contributed by atoms with Gasteiger partial charge in [-0.3, -0.25) is 4.79 Å². The lowest BCUT2D eigenvalue weighted by molar-refractivity contribution is 0.0684. The summed E-state index contributed by atoms with van der Waals surface area (Å²) in [6.07, 6.45) is 3.88. The third-order valence-electron chi connectivity index (χ3n) is 5.16. The molecule has 5 nitrogen and oxygen atoms in total. The van der Waals surface area contributed by atoms with Crippen molar-refractivity contribution in [3.63, 3.8) is 0 Å². The summed E-state index contributed by atoms with van der Waals surface area (Å²) in [6.45, 7) is 5.73. The molecule has 1 N–H and O–H groups in total. The smallest absolute Gasteiger partial charge is 0.257 e. The number of carbonyl (C=O) groups is 1. The summed E-state index contributed by atoms with van der Waals surface area (Å²) in [5, 5.41) is 4.30. The van der Waals surface area contributed by atoms with E-state index < -0.39 is 0 Å². The van der Waals surface area contributed by atoms with Crippen LogP contribution in [0.15, 0.2) is 47.1 Å². The molecule has 4 rings (SSSR count). The van der Waals surface area contributed by atoms with Crippen LogP contribution in [0.1, 0.15) is 35.8 Å². The van der Waals surface area contributed by atoms with Crippen LogP contribution < -0.4 is 5.32 Å². The minimum atomic E-state index is 0. The number of pyridine rings is 2. The number of hydrogen-bond acceptors (Lipinski definition) is 4. The first-order valence-corrected chi connectivity index (χ1v) is 10.4. The van der Waals surface area contributed by atoms with Crippen molar-refractivity contribution in [2.45, 2.75) is 26.7 Å². The minimum absolute atomic E-state index is 0. The van der Waals surface area contributed by atoms with E-state index in [1.54, 1.807) is 6.20 Å². The highest BCUT2D eigenvalue weighted by Crippen LogP contribution is 2.31. The van der Waals surface area contributed by atoms with E-state index in [1.165, 1.54) is 6.42 Å². The molecule has 0 bridgehead atoms. The average Bonchev–Trinajstić information content (AvgIpc) is 2.69. The summed E-state index contributed by atoms with van der Waals surface area (Å²) in [5.41, 5.74) is 3.82. The summed E-state index contributed by atoms with van der Waals surface area (Å²) in [7, 11) is 0. The van der Waals surface area contributed by atoms with E-state index in [-0.39, 0.29) is 18.3 Å². The number of benzene rings is 1. The third-order valence-corrected chi connectivity index (χ3v) is 5.69. The Morgan fingerprint density at radius 3 is 2.69 bits per heavy atom. The lowest BCUT2D eigenvalue weighted by Crippen LogP contribution is -2.39. The second-order valence-corrected chi connectivity index (χ2v) is 8.42. The monoisotopic (exact) mass is 474 g/mol. The fourth-order valence-corrected chi connectivity index (χ4v) is 3.95. The number of anilines is 2. The molecule has 7 heteroatoms. The Labute approximate surface area is 185 Å². The van der Waals surface area contributed by atoms with Gasteiger partial charge < -0.3 is 10.2 Å². The molecule has 1 atom stereocenters. The summed E-state index contributed by atoms with van der Waals surface area (Å²) in [5.74, 6) is 0.555. The SMILES string of the molecule is Cc1ccc2c(Nc3ccc(Br)cc3)c(C(=O)N3CCCC(C)C3)cnc2n1.Cl. The maximum atomic E-state index is 13.3. The van der Waals surface area contributed by atoms with Crippen molar-refractivity contribution in [3.8, 4) is 0 Å². The number of likely N-dealkylation sites (tertiary alicyclic amines) is 1. The number of nitrogens with zero attached hydrogens (tertiary/aromatic N) is 3. The number of aromatic nitrogens is 2. The van der Waals surface area contributed by atoms with Crippen LogP contribution >= 0.6 is 28.3 Å². The molecule has 1 amide bonds. The number of hydrogen-bond donors (Lipinski definition) is 1. The number of carbonyl (C=O) groups excluding carboxylic acids is 1. The van der Waals surface area contributed by atoms with Gasteiger partial charge in [0.1, 0.15) is 0 Å². The molecular weight excluding hydrogens is 452 g/mol. The van der Waals surface area contributed by atoms with Gasteiger partial charge in [0.2, 0.25) is 0 Å². The van der Waals surface area contributed by atoms with Crippen LogP contribution in [-0.4, -0.2) is 33.9 Å². The molecule has 3 heterocycles. The fourth-order valence-electron chi connectivity index (χ4n) is 3.69. The van der Waals surface area contributed by atoms with E-state index in [0.29, 0.717) is 17.1 Å². The van der Waals surface area contributed by atoms with Crippen LogP contribution in [0, 0.1) is 12.8 Å². The molecule has 0 saturated carbocycles. The van der Waals surface area contributed by atoms with Gasteiger partial charge in [-0.1, -0.05) is 22.9 Å². The second-order valence-electron chi connectivity index (χ2n) is 7.50. The molecule has 2 aromatic heterocycles. The quantitative estimate of drug-likeness (QED) is 0.525. The Bertz CT molecular complexity index is 1030. The van der Waals surface area contributed by atoms with Gasteiger partial charge in [0.05, 0.1) is 11.3 Å². The zero-order valence-corrected chi connectivity index (χ0v) is 18.9. The Kier molecular flexibility index (Phi) is 6.75. The Balaban J connectivity index is 0.00000240. The maximum Gasteiger partial charge on any atom is 0.257 e. The Hall–Kier alpha value is -2.18. The van der Waals surface area contributed by atoms with Crippen molar-refractivity contribution in [1.29, 1.82) is 0 Å². The van der Waals surface area contributed by atoms with Crippen LogP contribution in [0.4, 0.5) is 11.4 Å². The molecule has 1 aliphatic heterocycles. The predicted molar refractivity (Wildman–Crippen MR) is 123 cm³/mol. The van der Waals surface area contributed by atoms with Gasteiger partial charge in [0, 0.05) is 40.5 Å². The molecular formula is C22H24BrClN4O. The van der Waals surface area contributed by atoms with Gasteiger partial charge in [0.15, 0.2) is 5.65 Å². The number of nitrogens with one attached hydrogen (secondary N) is 1. The predicted octanol–water partition coefficient (Wildman–Crippen LogP) is 5.74. The van der Waals surface area contributed by atoms with Gasteiger partial charge in [-0.2, -0.15) is 0 Å². The van der Waals surface area contributed by atoms with Crippen molar-refractivity contribution >= 4 is 56.7 Å². The van der Waals surface area contributed by atoms with Crippen LogP contribution in [0.2, 0.25) is 0 Å². The second kappa shape index (κ2) is 9.09. The lowest BCUT2D eigenvalue weighted by atomic mass is 9.99. The topological polar surface area (TPSA) is 58.1 Å². The Morgan fingerprint density at radius 2 is 1.97 bits per heavy atom. The largest absolute Gasteiger partial charge is 0.354 e. The normalized spacial score (nSPS) is 16.4. The number of amides is 1. The van der Waals surface area contributed by atoms with E-state index in [9.17, 15) is 4.79 Å². The number of piperidine rings is 1. The molecule has 1 unspecified atom stereocenters. The lowest BCUT2D eigenvalue weighted by Gasteiger charge is -2.31. The molecule has 1 aromatic carbocycles. The number of rotatable bonds is 3. The first-order chi connectivity index (χ1) is 13.5. The molecule has 3 aromatic rings. The molecule has 0 radical (unpaired) electrons. The summed E-state index contributed by atoms with van der Waals surface area (Å²) < 4.78 is 1.01. The molecule has 1 saturated heterocycles. The van der Waals surface area contributed by atoms with Crippen molar-refractivity contribution in [3.05, 3.63) is 58.3 Å². The van der Waals surface area contributed by atoms with Crippen molar-refractivity contribution in [2.75, 3.05) is 18.4 Å². The van der Waals surface area contributed by atoms with Gasteiger partial charge in [-0.15, -0.1) is 12.4 Å². The number of aryl methyl sites for hydroxylation is 1. The van der Waals surface area contributed by atoms with Gasteiger partial charge in [-0.25, -0.2) is 9.97 Å². The van der Waals surface area contributed by atoms with E-state index in [2.05, 4.69) is 38.1 Å². The van der Waals surface area contributed by atoms with E-state index in [1.807, 2.05) is 48.2 Å². The molecule has 29 heavy (non-hydrogen) atoms. The summed E-state index contributed by atoms with van der Waals surface area (Å²) in [4.78, 5) is 24.3. The van der Waals surface area contributed by atoms with Crippen molar-refractivity contribution < 1.29 is 4.79 Å². The molecule has 1 fully saturated rings. The summed E-state index contributed by atoms with van der Waals surface area (Å²) in [6, 6.07) is 11.9. The van der Waals surface area contributed by atoms with Gasteiger partial charge >= 0.3 is 0 Å². The zero-order valence-electron chi connectivity index (χ0n) is 16.5. The minimum Gasteiger partial charge on any atom is -0.354 e. The Morgan fingerprint density at radius 1 is 1.21 bits per heavy atom. The highest BCUT2D eigenvalue weighted by atomic mass is 79.9. The molecule has 1 aliphatic rings. The number of halogens is 2. The molecule has 0 aliphatic carbocycles. The van der Waals surface area contributed by atoms with E-state index in [0.717, 1.165) is 46.4 Å². The van der Waals surface area contributed by atoms with Crippen molar-refractivity contribution in [1.82, 2.24) is 14.9 Å². The summed E-state index contributed by atoms with van der Waals surface area (Å²) >= 11 is 3.47. The maximum absolute atomic E-state index is 13.3. The van der Waals surface area contributed by atoms with Gasteiger partial charge in [-0.05, 0) is 62.1 Å². The molecule has 152 valence electrons. The van der Waals surface area contributed by atoms with Crippen LogP contribution in [0.3, 0.4) is 0 Å².